The predicted molar refractivity (Wildman–Crippen MR) is 122 cm³/mol. The van der Waals surface area contributed by atoms with Crippen LogP contribution in [0.1, 0.15) is 23.6 Å². The van der Waals surface area contributed by atoms with E-state index >= 15 is 0 Å². The highest BCUT2D eigenvalue weighted by molar-refractivity contribution is 7.99. The maximum atomic E-state index is 12.1. The molecule has 2 aromatic heterocycles. The smallest absolute Gasteiger partial charge is 0.230 e. The second-order valence-corrected chi connectivity index (χ2v) is 8.18. The van der Waals surface area contributed by atoms with Crippen molar-refractivity contribution < 1.29 is 13.9 Å². The number of nitrogens with zero attached hydrogens (tertiary/aromatic N) is 3. The minimum Gasteiger partial charge on any atom is -0.493 e. The Morgan fingerprint density at radius 2 is 2.26 bits per heavy atom. The van der Waals surface area contributed by atoms with E-state index in [0.29, 0.717) is 42.1 Å². The van der Waals surface area contributed by atoms with Crippen molar-refractivity contribution in [2.45, 2.75) is 38.0 Å². The first kappa shape index (κ1) is 23.0. The average Bonchev–Trinajstić information content (AvgIpc) is 3.40. The van der Waals surface area contributed by atoms with Crippen molar-refractivity contribution in [3.8, 4) is 5.75 Å². The molecule has 1 amide bonds. The van der Waals surface area contributed by atoms with Crippen LogP contribution >= 0.6 is 23.4 Å². The number of aromatic nitrogens is 3. The van der Waals surface area contributed by atoms with Crippen molar-refractivity contribution in [3.05, 3.63) is 71.4 Å². The van der Waals surface area contributed by atoms with E-state index in [4.69, 9.17) is 20.8 Å². The molecular formula is C22H25ClN4O3S. The number of thioether (sulfide) groups is 1. The van der Waals surface area contributed by atoms with Gasteiger partial charge in [0.1, 0.15) is 17.3 Å². The van der Waals surface area contributed by atoms with E-state index < -0.39 is 0 Å². The van der Waals surface area contributed by atoms with Crippen molar-refractivity contribution >= 4 is 29.3 Å². The summed E-state index contributed by atoms with van der Waals surface area (Å²) in [5.74, 6) is 2.53. The van der Waals surface area contributed by atoms with E-state index in [1.54, 1.807) is 18.4 Å². The summed E-state index contributed by atoms with van der Waals surface area (Å²) < 4.78 is 13.0. The number of halogens is 1. The topological polar surface area (TPSA) is 82.2 Å². The molecular weight excluding hydrogens is 436 g/mol. The van der Waals surface area contributed by atoms with Gasteiger partial charge in [-0.25, -0.2) is 0 Å². The van der Waals surface area contributed by atoms with Gasteiger partial charge in [0.15, 0.2) is 5.16 Å². The van der Waals surface area contributed by atoms with E-state index in [9.17, 15) is 4.79 Å². The molecule has 0 aliphatic carbocycles. The highest BCUT2D eigenvalue weighted by Crippen LogP contribution is 2.22. The molecule has 3 rings (SSSR count). The third kappa shape index (κ3) is 6.90. The maximum absolute atomic E-state index is 12.1. The molecule has 0 unspecified atom stereocenters. The van der Waals surface area contributed by atoms with Crippen molar-refractivity contribution in [1.82, 2.24) is 20.1 Å². The fourth-order valence-electron chi connectivity index (χ4n) is 2.89. The Balaban J connectivity index is 1.48. The second-order valence-electron chi connectivity index (χ2n) is 6.80. The third-order valence-corrected chi connectivity index (χ3v) is 5.62. The van der Waals surface area contributed by atoms with Crippen molar-refractivity contribution in [2.24, 2.45) is 0 Å². The number of nitrogens with one attached hydrogen (secondary N) is 1. The number of carbonyl (C=O) groups excluding carboxylic acids is 1. The van der Waals surface area contributed by atoms with Gasteiger partial charge in [-0.15, -0.1) is 16.8 Å². The van der Waals surface area contributed by atoms with E-state index in [0.717, 1.165) is 23.6 Å². The number of amides is 1. The molecule has 0 bridgehead atoms. The molecule has 9 heteroatoms. The maximum Gasteiger partial charge on any atom is 0.230 e. The van der Waals surface area contributed by atoms with Crippen LogP contribution in [0.25, 0.3) is 0 Å². The van der Waals surface area contributed by atoms with Crippen molar-refractivity contribution in [1.29, 1.82) is 0 Å². The predicted octanol–water partition coefficient (Wildman–Crippen LogP) is 4.44. The zero-order valence-electron chi connectivity index (χ0n) is 17.3. The van der Waals surface area contributed by atoms with Gasteiger partial charge in [-0.1, -0.05) is 29.4 Å². The fraction of sp³-hybridized carbons (Fsp3) is 0.318. The molecule has 0 aliphatic rings. The van der Waals surface area contributed by atoms with E-state index in [1.165, 1.54) is 11.8 Å². The number of carbonyl (C=O) groups is 1. The second kappa shape index (κ2) is 11.6. The Bertz CT molecular complexity index is 1000. The standard InChI is InChI=1S/C22H25ClN4O3S/c1-3-10-27-20(7-5-12-30-19-9-8-17(23)13-16(19)2)25-26-22(27)31-15-21(28)24-14-18-6-4-11-29-18/h3-4,6,8-9,11,13H,1,5,7,10,12,14-15H2,2H3,(H,24,28). The Morgan fingerprint density at radius 1 is 1.39 bits per heavy atom. The first-order valence-corrected chi connectivity index (χ1v) is 11.3. The number of rotatable bonds is 12. The normalized spacial score (nSPS) is 10.8. The summed E-state index contributed by atoms with van der Waals surface area (Å²) >= 11 is 7.33. The molecule has 0 fully saturated rings. The van der Waals surface area contributed by atoms with Gasteiger partial charge in [-0.2, -0.15) is 0 Å². The van der Waals surface area contributed by atoms with Gasteiger partial charge in [0.2, 0.25) is 5.91 Å². The van der Waals surface area contributed by atoms with Gasteiger partial charge < -0.3 is 19.0 Å². The first-order valence-electron chi connectivity index (χ1n) is 9.90. The molecule has 3 aromatic rings. The summed E-state index contributed by atoms with van der Waals surface area (Å²) in [5.41, 5.74) is 1.01. The summed E-state index contributed by atoms with van der Waals surface area (Å²) in [4.78, 5) is 12.1. The van der Waals surface area contributed by atoms with Crippen LogP contribution in [0.5, 0.6) is 5.75 Å². The molecule has 31 heavy (non-hydrogen) atoms. The Morgan fingerprint density at radius 3 is 3.00 bits per heavy atom. The van der Waals surface area contributed by atoms with Gasteiger partial charge in [-0.05, 0) is 49.2 Å². The number of furan rings is 1. The van der Waals surface area contributed by atoms with Crippen LogP contribution in [-0.4, -0.2) is 33.0 Å². The van der Waals surface area contributed by atoms with Crippen molar-refractivity contribution in [3.63, 3.8) is 0 Å². The summed E-state index contributed by atoms with van der Waals surface area (Å²) in [7, 11) is 0. The van der Waals surface area contributed by atoms with E-state index in [2.05, 4.69) is 22.1 Å². The van der Waals surface area contributed by atoms with E-state index in [1.807, 2.05) is 35.8 Å². The molecule has 2 heterocycles. The molecule has 1 N–H and O–H groups in total. The first-order chi connectivity index (χ1) is 15.1. The third-order valence-electron chi connectivity index (χ3n) is 4.42. The molecule has 0 saturated heterocycles. The van der Waals surface area contributed by atoms with Gasteiger partial charge in [-0.3, -0.25) is 4.79 Å². The van der Waals surface area contributed by atoms with Crippen LogP contribution in [0.15, 0.2) is 58.8 Å². The van der Waals surface area contributed by atoms with Crippen molar-refractivity contribution in [2.75, 3.05) is 12.4 Å². The lowest BCUT2D eigenvalue weighted by atomic mass is 10.2. The highest BCUT2D eigenvalue weighted by atomic mass is 35.5. The monoisotopic (exact) mass is 460 g/mol. The molecule has 0 spiro atoms. The Hall–Kier alpha value is -2.71. The SMILES string of the molecule is C=CCn1c(CCCOc2ccc(Cl)cc2C)nnc1SCC(=O)NCc1ccco1. The lowest BCUT2D eigenvalue weighted by Crippen LogP contribution is -2.24. The minimum atomic E-state index is -0.0946. The lowest BCUT2D eigenvalue weighted by Gasteiger charge is -2.10. The van der Waals surface area contributed by atoms with Crippen LogP contribution in [0.3, 0.4) is 0 Å². The van der Waals surface area contributed by atoms with Gasteiger partial charge in [0.05, 0.1) is 25.2 Å². The average molecular weight is 461 g/mol. The van der Waals surface area contributed by atoms with Crippen LogP contribution in [0.4, 0.5) is 0 Å². The molecule has 0 radical (unpaired) electrons. The summed E-state index contributed by atoms with van der Waals surface area (Å²) in [6, 6.07) is 9.18. The number of benzene rings is 1. The number of hydrogen-bond acceptors (Lipinski definition) is 6. The van der Waals surface area contributed by atoms with E-state index in [-0.39, 0.29) is 11.7 Å². The Labute approximate surface area is 190 Å². The molecule has 7 nitrogen and oxygen atoms in total. The number of allylic oxidation sites excluding steroid dienone is 1. The quantitative estimate of drug-likeness (QED) is 0.244. The lowest BCUT2D eigenvalue weighted by molar-refractivity contribution is -0.118. The number of hydrogen-bond donors (Lipinski definition) is 1. The highest BCUT2D eigenvalue weighted by Gasteiger charge is 2.14. The minimum absolute atomic E-state index is 0.0946. The molecule has 0 saturated carbocycles. The summed E-state index contributed by atoms with van der Waals surface area (Å²) in [5, 5.41) is 12.8. The van der Waals surface area contributed by atoms with Crippen LogP contribution in [-0.2, 0) is 24.3 Å². The largest absolute Gasteiger partial charge is 0.493 e. The molecule has 1 aromatic carbocycles. The molecule has 0 aliphatic heterocycles. The van der Waals surface area contributed by atoms with Gasteiger partial charge in [0, 0.05) is 18.0 Å². The summed E-state index contributed by atoms with van der Waals surface area (Å²) in [6.45, 7) is 7.28. The fourth-order valence-corrected chi connectivity index (χ4v) is 3.91. The van der Waals surface area contributed by atoms with Gasteiger partial charge >= 0.3 is 0 Å². The zero-order valence-corrected chi connectivity index (χ0v) is 18.9. The Kier molecular flexibility index (Phi) is 8.61. The zero-order chi connectivity index (χ0) is 22.1. The molecule has 0 atom stereocenters. The van der Waals surface area contributed by atoms with Crippen LogP contribution in [0, 0.1) is 6.92 Å². The molecule has 164 valence electrons. The summed E-state index contributed by atoms with van der Waals surface area (Å²) in [6.07, 6.45) is 4.86. The number of aryl methyl sites for hydroxylation is 2. The van der Waals surface area contributed by atoms with Gasteiger partial charge in [0.25, 0.3) is 0 Å². The van der Waals surface area contributed by atoms with Crippen LogP contribution in [0.2, 0.25) is 5.02 Å². The van der Waals surface area contributed by atoms with Crippen LogP contribution < -0.4 is 10.1 Å². The number of ether oxygens (including phenoxy) is 1.